The predicted molar refractivity (Wildman–Crippen MR) is 84.1 cm³/mol. The maximum atomic E-state index is 5.58. The Morgan fingerprint density at radius 2 is 1.85 bits per heavy atom. The van der Waals surface area contributed by atoms with E-state index in [1.54, 1.807) is 0 Å². The second-order valence-electron chi connectivity index (χ2n) is 5.33. The Balaban J connectivity index is 1.74. The Hall–Kier alpha value is -1.65. The molecule has 0 saturated carbocycles. The van der Waals surface area contributed by atoms with Crippen LogP contribution in [0.5, 0.6) is 0 Å². The highest BCUT2D eigenvalue weighted by Gasteiger charge is 2.18. The van der Waals surface area contributed by atoms with Gasteiger partial charge in [0.2, 0.25) is 0 Å². The highest BCUT2D eigenvalue weighted by molar-refractivity contribution is 5.92. The number of nitrogens with zero attached hydrogens (tertiary/aromatic N) is 3. The summed E-state index contributed by atoms with van der Waals surface area (Å²) in [5.41, 5.74) is 5.58. The van der Waals surface area contributed by atoms with Gasteiger partial charge in [0, 0.05) is 37.8 Å². The van der Waals surface area contributed by atoms with E-state index >= 15 is 0 Å². The number of fused-ring (bicyclic) bond motifs is 1. The van der Waals surface area contributed by atoms with E-state index in [0.29, 0.717) is 0 Å². The summed E-state index contributed by atoms with van der Waals surface area (Å²) in [6.45, 7) is 6.20. The minimum atomic E-state index is 0.783. The molecule has 2 aromatic rings. The van der Waals surface area contributed by atoms with Gasteiger partial charge in [0.05, 0.1) is 0 Å². The number of rotatable bonds is 4. The Morgan fingerprint density at radius 1 is 1.05 bits per heavy atom. The van der Waals surface area contributed by atoms with Crippen LogP contribution in [0.4, 0.5) is 5.82 Å². The molecular weight excluding hydrogens is 248 g/mol. The second-order valence-corrected chi connectivity index (χ2v) is 5.33. The normalized spacial score (nSPS) is 16.8. The van der Waals surface area contributed by atoms with Crippen LogP contribution in [0.2, 0.25) is 0 Å². The highest BCUT2D eigenvalue weighted by atomic mass is 15.3. The fraction of sp³-hybridized carbons (Fsp3) is 0.438. The predicted octanol–water partition coefficient (Wildman–Crippen LogP) is 1.71. The molecule has 3 rings (SSSR count). The van der Waals surface area contributed by atoms with E-state index in [-0.39, 0.29) is 0 Å². The summed E-state index contributed by atoms with van der Waals surface area (Å²) in [7, 11) is 0. The van der Waals surface area contributed by atoms with Crippen LogP contribution in [0.15, 0.2) is 36.5 Å². The minimum Gasteiger partial charge on any atom is -0.354 e. The van der Waals surface area contributed by atoms with Gasteiger partial charge in [-0.3, -0.25) is 4.90 Å². The van der Waals surface area contributed by atoms with E-state index in [4.69, 9.17) is 5.73 Å². The quantitative estimate of drug-likeness (QED) is 0.918. The van der Waals surface area contributed by atoms with Crippen molar-refractivity contribution < 1.29 is 0 Å². The van der Waals surface area contributed by atoms with E-state index in [0.717, 1.165) is 51.5 Å². The van der Waals surface area contributed by atoms with Gasteiger partial charge in [0.25, 0.3) is 0 Å². The summed E-state index contributed by atoms with van der Waals surface area (Å²) in [6, 6.07) is 10.6. The van der Waals surface area contributed by atoms with Crippen molar-refractivity contribution in [3.05, 3.63) is 36.5 Å². The van der Waals surface area contributed by atoms with E-state index in [9.17, 15) is 0 Å². The van der Waals surface area contributed by atoms with E-state index in [1.165, 1.54) is 10.8 Å². The molecule has 0 unspecified atom stereocenters. The van der Waals surface area contributed by atoms with Gasteiger partial charge in [-0.15, -0.1) is 0 Å². The second kappa shape index (κ2) is 6.20. The molecule has 0 radical (unpaired) electrons. The zero-order valence-corrected chi connectivity index (χ0v) is 11.8. The smallest absolute Gasteiger partial charge is 0.136 e. The summed E-state index contributed by atoms with van der Waals surface area (Å²) in [5.74, 6) is 1.13. The van der Waals surface area contributed by atoms with E-state index < -0.39 is 0 Å². The number of anilines is 1. The van der Waals surface area contributed by atoms with Crippen molar-refractivity contribution in [2.75, 3.05) is 44.2 Å². The van der Waals surface area contributed by atoms with Crippen molar-refractivity contribution in [1.29, 1.82) is 0 Å². The van der Waals surface area contributed by atoms with Crippen LogP contribution in [-0.4, -0.2) is 49.2 Å². The number of benzene rings is 1. The third-order valence-corrected chi connectivity index (χ3v) is 4.00. The van der Waals surface area contributed by atoms with Gasteiger partial charge in [-0.1, -0.05) is 24.3 Å². The molecule has 0 atom stereocenters. The fourth-order valence-corrected chi connectivity index (χ4v) is 2.85. The molecule has 2 heterocycles. The lowest BCUT2D eigenvalue weighted by molar-refractivity contribution is 0.256. The monoisotopic (exact) mass is 270 g/mol. The molecular formula is C16H22N4. The molecule has 1 aliphatic rings. The van der Waals surface area contributed by atoms with Crippen LogP contribution in [0.3, 0.4) is 0 Å². The Kier molecular flexibility index (Phi) is 4.14. The molecule has 1 saturated heterocycles. The lowest BCUT2D eigenvalue weighted by Crippen LogP contribution is -2.47. The van der Waals surface area contributed by atoms with Gasteiger partial charge in [0.1, 0.15) is 5.82 Å². The van der Waals surface area contributed by atoms with Gasteiger partial charge in [-0.05, 0) is 31.0 Å². The molecule has 4 heteroatoms. The summed E-state index contributed by atoms with van der Waals surface area (Å²) in [6.07, 6.45) is 3.00. The summed E-state index contributed by atoms with van der Waals surface area (Å²) in [4.78, 5) is 9.50. The van der Waals surface area contributed by atoms with Crippen LogP contribution in [0, 0.1) is 0 Å². The lowest BCUT2D eigenvalue weighted by Gasteiger charge is -2.35. The molecule has 20 heavy (non-hydrogen) atoms. The molecule has 0 bridgehead atoms. The van der Waals surface area contributed by atoms with Crippen molar-refractivity contribution in [3.63, 3.8) is 0 Å². The van der Waals surface area contributed by atoms with Crippen molar-refractivity contribution in [2.45, 2.75) is 6.42 Å². The van der Waals surface area contributed by atoms with Crippen molar-refractivity contribution in [2.24, 2.45) is 5.73 Å². The standard InChI is InChI=1S/C16H22N4/c17-7-3-9-19-10-12-20(13-11-19)16-15-5-2-1-4-14(15)6-8-18-16/h1-2,4-6,8H,3,7,9-13,17H2. The summed E-state index contributed by atoms with van der Waals surface area (Å²) >= 11 is 0. The third-order valence-electron chi connectivity index (χ3n) is 4.00. The lowest BCUT2D eigenvalue weighted by atomic mass is 10.1. The first kappa shape index (κ1) is 13.3. The number of nitrogens with two attached hydrogens (primary N) is 1. The SMILES string of the molecule is NCCCN1CCN(c2nccc3ccccc23)CC1. The van der Waals surface area contributed by atoms with Gasteiger partial charge >= 0.3 is 0 Å². The summed E-state index contributed by atoms with van der Waals surface area (Å²) in [5, 5.41) is 2.52. The number of piperazine rings is 1. The molecule has 0 amide bonds. The molecule has 4 nitrogen and oxygen atoms in total. The topological polar surface area (TPSA) is 45.4 Å². The van der Waals surface area contributed by atoms with Gasteiger partial charge in [-0.25, -0.2) is 4.98 Å². The Morgan fingerprint density at radius 3 is 2.65 bits per heavy atom. The molecule has 1 aromatic heterocycles. The largest absolute Gasteiger partial charge is 0.354 e. The van der Waals surface area contributed by atoms with Crippen molar-refractivity contribution in [1.82, 2.24) is 9.88 Å². The number of pyridine rings is 1. The molecule has 1 aromatic carbocycles. The molecule has 0 aliphatic carbocycles. The Bertz CT molecular complexity index is 556. The van der Waals surface area contributed by atoms with Crippen LogP contribution in [0.25, 0.3) is 10.8 Å². The van der Waals surface area contributed by atoms with E-state index in [2.05, 4.69) is 45.1 Å². The van der Waals surface area contributed by atoms with Crippen molar-refractivity contribution >= 4 is 16.6 Å². The van der Waals surface area contributed by atoms with Crippen LogP contribution >= 0.6 is 0 Å². The maximum absolute atomic E-state index is 5.58. The molecule has 1 fully saturated rings. The molecule has 1 aliphatic heterocycles. The molecule has 0 spiro atoms. The first-order chi connectivity index (χ1) is 9.88. The van der Waals surface area contributed by atoms with Crippen LogP contribution < -0.4 is 10.6 Å². The van der Waals surface area contributed by atoms with Crippen LogP contribution in [-0.2, 0) is 0 Å². The number of hydrogen-bond donors (Lipinski definition) is 1. The number of aromatic nitrogens is 1. The van der Waals surface area contributed by atoms with Gasteiger partial charge < -0.3 is 10.6 Å². The third kappa shape index (κ3) is 2.76. The zero-order chi connectivity index (χ0) is 13.8. The summed E-state index contributed by atoms with van der Waals surface area (Å²) < 4.78 is 0. The first-order valence-electron chi connectivity index (χ1n) is 7.39. The number of hydrogen-bond acceptors (Lipinski definition) is 4. The minimum absolute atomic E-state index is 0.783. The zero-order valence-electron chi connectivity index (χ0n) is 11.8. The van der Waals surface area contributed by atoms with E-state index in [1.807, 2.05) is 6.20 Å². The average molecular weight is 270 g/mol. The van der Waals surface area contributed by atoms with Gasteiger partial charge in [-0.2, -0.15) is 0 Å². The molecule has 2 N–H and O–H groups in total. The maximum Gasteiger partial charge on any atom is 0.136 e. The first-order valence-corrected chi connectivity index (χ1v) is 7.39. The average Bonchev–Trinajstić information content (AvgIpc) is 2.53. The van der Waals surface area contributed by atoms with Crippen molar-refractivity contribution in [3.8, 4) is 0 Å². The fourth-order valence-electron chi connectivity index (χ4n) is 2.85. The van der Waals surface area contributed by atoms with Crippen LogP contribution in [0.1, 0.15) is 6.42 Å². The highest BCUT2D eigenvalue weighted by Crippen LogP contribution is 2.24. The van der Waals surface area contributed by atoms with Gasteiger partial charge in [0.15, 0.2) is 0 Å². The Labute approximate surface area is 120 Å². The molecule has 106 valence electrons.